The van der Waals surface area contributed by atoms with Gasteiger partial charge in [-0.2, -0.15) is 0 Å². The van der Waals surface area contributed by atoms with Crippen molar-refractivity contribution in [2.75, 3.05) is 20.2 Å². The van der Waals surface area contributed by atoms with E-state index in [0.717, 1.165) is 24.3 Å². The molecular formula is C21H24FN5O. The Balaban J connectivity index is 1.41. The fourth-order valence-electron chi connectivity index (χ4n) is 2.66. The van der Waals surface area contributed by atoms with Crippen LogP contribution in [0.2, 0.25) is 0 Å². The van der Waals surface area contributed by atoms with E-state index in [1.54, 1.807) is 36.4 Å². The van der Waals surface area contributed by atoms with Crippen molar-refractivity contribution in [1.82, 2.24) is 20.2 Å². The molecule has 0 aliphatic heterocycles. The quantitative estimate of drug-likeness (QED) is 0.357. The average Bonchev–Trinajstić information content (AvgIpc) is 3.25. The van der Waals surface area contributed by atoms with Gasteiger partial charge in [-0.1, -0.05) is 24.3 Å². The van der Waals surface area contributed by atoms with Crippen LogP contribution >= 0.6 is 0 Å². The van der Waals surface area contributed by atoms with Crippen molar-refractivity contribution in [3.05, 3.63) is 78.6 Å². The molecule has 2 aromatic carbocycles. The van der Waals surface area contributed by atoms with E-state index in [4.69, 9.17) is 4.74 Å². The number of hydrogen-bond donors (Lipinski definition) is 2. The van der Waals surface area contributed by atoms with E-state index in [1.807, 2.05) is 36.4 Å². The minimum absolute atomic E-state index is 0.293. The molecule has 0 radical (unpaired) electrons. The summed E-state index contributed by atoms with van der Waals surface area (Å²) in [6.45, 7) is 1.82. The number of nitrogens with zero attached hydrogens (tertiary/aromatic N) is 3. The number of para-hydroxylation sites is 1. The highest BCUT2D eigenvalue weighted by atomic mass is 19.1. The number of ether oxygens (including phenoxy) is 1. The number of guanidine groups is 1. The first-order chi connectivity index (χ1) is 13.8. The van der Waals surface area contributed by atoms with E-state index >= 15 is 0 Å². The summed E-state index contributed by atoms with van der Waals surface area (Å²) in [7, 11) is 1.71. The fraction of sp³-hybridized carbons (Fsp3) is 0.238. The van der Waals surface area contributed by atoms with Crippen LogP contribution in [0.25, 0.3) is 5.69 Å². The van der Waals surface area contributed by atoms with Crippen molar-refractivity contribution >= 4 is 5.96 Å². The number of aliphatic imine (C=N–C) groups is 1. The molecular weight excluding hydrogens is 357 g/mol. The highest BCUT2D eigenvalue weighted by Crippen LogP contribution is 2.15. The third-order valence-electron chi connectivity index (χ3n) is 4.10. The molecule has 3 rings (SSSR count). The van der Waals surface area contributed by atoms with Crippen LogP contribution in [-0.4, -0.2) is 35.7 Å². The normalized spacial score (nSPS) is 11.3. The highest BCUT2D eigenvalue weighted by molar-refractivity contribution is 5.79. The minimum Gasteiger partial charge on any atom is -0.494 e. The zero-order chi connectivity index (χ0) is 19.6. The molecule has 3 aromatic rings. The Hall–Kier alpha value is -3.35. The molecule has 6 nitrogen and oxygen atoms in total. The molecule has 0 saturated heterocycles. The first kappa shape index (κ1) is 19.4. The lowest BCUT2D eigenvalue weighted by molar-refractivity contribution is 0.311. The van der Waals surface area contributed by atoms with E-state index in [9.17, 15) is 4.39 Å². The Labute approximate surface area is 164 Å². The molecule has 0 spiro atoms. The van der Waals surface area contributed by atoms with Gasteiger partial charge in [-0.25, -0.2) is 9.37 Å². The van der Waals surface area contributed by atoms with Crippen LogP contribution in [0.1, 0.15) is 12.0 Å². The van der Waals surface area contributed by atoms with Crippen molar-refractivity contribution in [3.63, 3.8) is 0 Å². The fourth-order valence-corrected chi connectivity index (χ4v) is 2.66. The third-order valence-corrected chi connectivity index (χ3v) is 4.10. The summed E-state index contributed by atoms with van der Waals surface area (Å²) in [4.78, 5) is 8.13. The average molecular weight is 381 g/mol. The lowest BCUT2D eigenvalue weighted by Crippen LogP contribution is -2.37. The van der Waals surface area contributed by atoms with Gasteiger partial charge in [0.15, 0.2) is 5.96 Å². The lowest BCUT2D eigenvalue weighted by Gasteiger charge is -2.13. The van der Waals surface area contributed by atoms with Crippen LogP contribution in [-0.2, 0) is 6.54 Å². The summed E-state index contributed by atoms with van der Waals surface area (Å²) in [5, 5.41) is 6.42. The minimum atomic E-state index is -0.293. The van der Waals surface area contributed by atoms with Gasteiger partial charge in [-0.05, 0) is 36.2 Å². The van der Waals surface area contributed by atoms with E-state index in [-0.39, 0.29) is 5.82 Å². The molecule has 2 N–H and O–H groups in total. The Kier molecular flexibility index (Phi) is 7.01. The van der Waals surface area contributed by atoms with Crippen LogP contribution in [0.15, 0.2) is 72.2 Å². The standard InChI is InChI=1S/C21H24FN5O/c1-23-21(25-10-5-13-28-18-6-3-2-4-7-18)26-15-17-8-9-20(19(22)14-17)27-12-11-24-16-27/h2-4,6-9,11-12,14,16H,5,10,13,15H2,1H3,(H2,23,25,26). The molecule has 0 unspecified atom stereocenters. The number of hydrogen-bond acceptors (Lipinski definition) is 3. The number of imidazole rings is 1. The van der Waals surface area contributed by atoms with Gasteiger partial charge in [-0.15, -0.1) is 0 Å². The molecule has 7 heteroatoms. The van der Waals surface area contributed by atoms with Gasteiger partial charge in [0.05, 0.1) is 18.6 Å². The second-order valence-corrected chi connectivity index (χ2v) is 6.12. The molecule has 0 atom stereocenters. The molecule has 146 valence electrons. The summed E-state index contributed by atoms with van der Waals surface area (Å²) in [5.41, 5.74) is 1.30. The van der Waals surface area contributed by atoms with Crippen LogP contribution < -0.4 is 15.4 Å². The van der Waals surface area contributed by atoms with Crippen molar-refractivity contribution in [2.24, 2.45) is 4.99 Å². The molecule has 0 saturated carbocycles. The first-order valence-corrected chi connectivity index (χ1v) is 9.15. The second kappa shape index (κ2) is 10.1. The molecule has 0 amide bonds. The summed E-state index contributed by atoms with van der Waals surface area (Å²) in [6.07, 6.45) is 5.74. The smallest absolute Gasteiger partial charge is 0.191 e. The Morgan fingerprint density at radius 2 is 2.04 bits per heavy atom. The van der Waals surface area contributed by atoms with Gasteiger partial charge in [-0.3, -0.25) is 4.99 Å². The van der Waals surface area contributed by atoms with E-state index < -0.39 is 0 Å². The van der Waals surface area contributed by atoms with Crippen LogP contribution in [0, 0.1) is 5.82 Å². The second-order valence-electron chi connectivity index (χ2n) is 6.12. The number of aromatic nitrogens is 2. The Morgan fingerprint density at radius 1 is 1.18 bits per heavy atom. The summed E-state index contributed by atoms with van der Waals surface area (Å²) < 4.78 is 21.6. The maximum Gasteiger partial charge on any atom is 0.191 e. The summed E-state index contributed by atoms with van der Waals surface area (Å²) in [5.74, 6) is 1.24. The topological polar surface area (TPSA) is 63.5 Å². The molecule has 0 bridgehead atoms. The largest absolute Gasteiger partial charge is 0.494 e. The summed E-state index contributed by atoms with van der Waals surface area (Å²) in [6, 6.07) is 14.9. The van der Waals surface area contributed by atoms with Crippen molar-refractivity contribution in [1.29, 1.82) is 0 Å². The van der Waals surface area contributed by atoms with Gasteiger partial charge in [0, 0.05) is 32.5 Å². The number of halogens is 1. The van der Waals surface area contributed by atoms with Crippen molar-refractivity contribution in [2.45, 2.75) is 13.0 Å². The molecule has 0 aliphatic rings. The van der Waals surface area contributed by atoms with Crippen LogP contribution in [0.5, 0.6) is 5.75 Å². The van der Waals surface area contributed by atoms with Crippen molar-refractivity contribution in [3.8, 4) is 11.4 Å². The molecule has 1 heterocycles. The predicted molar refractivity (Wildman–Crippen MR) is 108 cm³/mol. The van der Waals surface area contributed by atoms with E-state index in [0.29, 0.717) is 24.8 Å². The van der Waals surface area contributed by atoms with Crippen LogP contribution in [0.3, 0.4) is 0 Å². The zero-order valence-corrected chi connectivity index (χ0v) is 15.8. The van der Waals surface area contributed by atoms with Gasteiger partial charge in [0.1, 0.15) is 11.6 Å². The Bertz CT molecular complexity index is 881. The highest BCUT2D eigenvalue weighted by Gasteiger charge is 2.06. The number of nitrogens with one attached hydrogen (secondary N) is 2. The number of rotatable bonds is 8. The monoisotopic (exact) mass is 381 g/mol. The number of benzene rings is 2. The van der Waals surface area contributed by atoms with E-state index in [2.05, 4.69) is 20.6 Å². The maximum absolute atomic E-state index is 14.3. The molecule has 28 heavy (non-hydrogen) atoms. The van der Waals surface area contributed by atoms with Crippen LogP contribution in [0.4, 0.5) is 4.39 Å². The molecule has 0 aliphatic carbocycles. The first-order valence-electron chi connectivity index (χ1n) is 9.15. The van der Waals surface area contributed by atoms with Crippen molar-refractivity contribution < 1.29 is 9.13 Å². The van der Waals surface area contributed by atoms with Gasteiger partial charge in [0.25, 0.3) is 0 Å². The molecule has 1 aromatic heterocycles. The van der Waals surface area contributed by atoms with Gasteiger partial charge >= 0.3 is 0 Å². The van der Waals surface area contributed by atoms with Gasteiger partial charge < -0.3 is 19.9 Å². The predicted octanol–water partition coefficient (Wildman–Crippen LogP) is 3.15. The SMILES string of the molecule is CN=C(NCCCOc1ccccc1)NCc1ccc(-n2ccnc2)c(F)c1. The van der Waals surface area contributed by atoms with Gasteiger partial charge in [0.2, 0.25) is 0 Å². The third kappa shape index (κ3) is 5.57. The molecule has 0 fully saturated rings. The maximum atomic E-state index is 14.3. The lowest BCUT2D eigenvalue weighted by atomic mass is 10.2. The van der Waals surface area contributed by atoms with E-state index in [1.165, 1.54) is 6.07 Å². The summed E-state index contributed by atoms with van der Waals surface area (Å²) >= 11 is 0. The zero-order valence-electron chi connectivity index (χ0n) is 15.8. The Morgan fingerprint density at radius 3 is 2.75 bits per heavy atom.